The highest BCUT2D eigenvalue weighted by molar-refractivity contribution is 5.50. The molecule has 2 aliphatic carbocycles. The van der Waals surface area contributed by atoms with E-state index in [0.717, 1.165) is 30.6 Å². The average molecular weight is 387 g/mol. The Balaban J connectivity index is 1.83. The third-order valence-corrected chi connectivity index (χ3v) is 8.25. The predicted molar refractivity (Wildman–Crippen MR) is 118 cm³/mol. The summed E-state index contributed by atoms with van der Waals surface area (Å²) in [5.74, 6) is 0.350. The monoisotopic (exact) mass is 386 g/mol. The molecule has 0 radical (unpaired) electrons. The topological polar surface area (TPSA) is 26.9 Å². The maximum Gasteiger partial charge on any atom is 0.275 e. The van der Waals surface area contributed by atoms with Crippen LogP contribution in [0.15, 0.2) is 53.3 Å². The van der Waals surface area contributed by atoms with E-state index in [1.165, 1.54) is 22.4 Å². The van der Waals surface area contributed by atoms with Gasteiger partial charge in [0, 0.05) is 11.0 Å². The molecule has 150 valence electrons. The number of hydrogen-bond acceptors (Lipinski definition) is 1. The maximum atomic E-state index is 13.9. The van der Waals surface area contributed by atoms with E-state index >= 15 is 0 Å². The minimum atomic E-state index is 0.0317. The van der Waals surface area contributed by atoms with Crippen LogP contribution in [0.5, 0.6) is 0 Å². The van der Waals surface area contributed by atoms with Gasteiger partial charge in [0.2, 0.25) is 0 Å². The van der Waals surface area contributed by atoms with Gasteiger partial charge in [-0.05, 0) is 60.8 Å². The van der Waals surface area contributed by atoms with E-state index in [1.807, 2.05) is 10.7 Å². The highest BCUT2D eigenvalue weighted by Gasteiger charge is 2.62. The second kappa shape index (κ2) is 5.98. The van der Waals surface area contributed by atoms with Crippen molar-refractivity contribution >= 4 is 0 Å². The first-order chi connectivity index (χ1) is 13.8. The first-order valence-electron chi connectivity index (χ1n) is 10.7. The summed E-state index contributed by atoms with van der Waals surface area (Å²) in [5, 5.41) is 0. The van der Waals surface area contributed by atoms with Gasteiger partial charge in [-0.3, -0.25) is 9.48 Å². The van der Waals surface area contributed by atoms with Gasteiger partial charge in [0.25, 0.3) is 5.56 Å². The molecule has 2 atom stereocenters. The van der Waals surface area contributed by atoms with Crippen LogP contribution in [0.25, 0.3) is 5.69 Å². The average Bonchev–Trinajstić information content (AvgIpc) is 3.17. The number of benzene rings is 2. The molecule has 1 fully saturated rings. The molecule has 0 saturated heterocycles. The molecule has 0 aliphatic heterocycles. The quantitative estimate of drug-likeness (QED) is 0.586. The van der Waals surface area contributed by atoms with Crippen molar-refractivity contribution in [1.29, 1.82) is 0 Å². The molecule has 2 unspecified atom stereocenters. The third kappa shape index (κ3) is 2.27. The number of nitrogens with zero attached hydrogens (tertiary/aromatic N) is 2. The molecule has 0 amide bonds. The summed E-state index contributed by atoms with van der Waals surface area (Å²) in [6, 6.07) is 16.8. The summed E-state index contributed by atoms with van der Waals surface area (Å²) in [6.07, 6.45) is 2.27. The molecule has 1 aromatic heterocycles. The van der Waals surface area contributed by atoms with Crippen LogP contribution in [0.1, 0.15) is 67.5 Å². The first kappa shape index (κ1) is 18.5. The molecule has 29 heavy (non-hydrogen) atoms. The summed E-state index contributed by atoms with van der Waals surface area (Å²) < 4.78 is 4.28. The zero-order chi connectivity index (χ0) is 20.6. The normalized spacial score (nSPS) is 24.1. The van der Waals surface area contributed by atoms with Gasteiger partial charge < -0.3 is 0 Å². The lowest BCUT2D eigenvalue weighted by Crippen LogP contribution is -2.36. The van der Waals surface area contributed by atoms with Gasteiger partial charge in [0.05, 0.1) is 17.9 Å². The second-order valence-electron chi connectivity index (χ2n) is 9.79. The zero-order valence-corrected chi connectivity index (χ0v) is 18.1. The molecule has 2 aliphatic rings. The molecule has 2 aromatic carbocycles. The molecular weight excluding hydrogens is 356 g/mol. The lowest BCUT2D eigenvalue weighted by atomic mass is 9.70. The summed E-state index contributed by atoms with van der Waals surface area (Å²) in [4.78, 5) is 13.9. The molecule has 3 aromatic rings. The summed E-state index contributed by atoms with van der Waals surface area (Å²) in [5.41, 5.74) is 7.32. The number of rotatable bonds is 3. The van der Waals surface area contributed by atoms with Gasteiger partial charge in [-0.1, -0.05) is 63.2 Å². The minimum absolute atomic E-state index is 0.0317. The van der Waals surface area contributed by atoms with E-state index in [0.29, 0.717) is 5.92 Å². The van der Waals surface area contributed by atoms with E-state index < -0.39 is 0 Å². The van der Waals surface area contributed by atoms with Gasteiger partial charge >= 0.3 is 0 Å². The van der Waals surface area contributed by atoms with Crippen LogP contribution in [-0.2, 0) is 12.0 Å². The van der Waals surface area contributed by atoms with E-state index in [2.05, 4.69) is 81.8 Å². The Bertz CT molecular complexity index is 1170. The lowest BCUT2D eigenvalue weighted by Gasteiger charge is -2.36. The Kier molecular flexibility index (Phi) is 3.81. The van der Waals surface area contributed by atoms with Crippen LogP contribution in [0.3, 0.4) is 0 Å². The van der Waals surface area contributed by atoms with Gasteiger partial charge in [0.1, 0.15) is 0 Å². The van der Waals surface area contributed by atoms with Crippen molar-refractivity contribution < 1.29 is 0 Å². The summed E-state index contributed by atoms with van der Waals surface area (Å²) in [6.45, 7) is 12.1. The fraction of sp³-hybridized carbons (Fsp3) is 0.423. The number of fused-ring (bicyclic) bond motifs is 5. The molecule has 3 heteroatoms. The highest BCUT2D eigenvalue weighted by atomic mass is 16.1. The van der Waals surface area contributed by atoms with E-state index in [1.54, 1.807) is 0 Å². The van der Waals surface area contributed by atoms with Gasteiger partial charge in [0.15, 0.2) is 0 Å². The molecule has 1 heterocycles. The largest absolute Gasteiger partial charge is 0.277 e. The Morgan fingerprint density at radius 3 is 2.45 bits per heavy atom. The van der Waals surface area contributed by atoms with E-state index in [4.69, 9.17) is 0 Å². The van der Waals surface area contributed by atoms with Crippen molar-refractivity contribution in [2.24, 2.45) is 5.41 Å². The number of aryl methyl sites for hydroxylation is 1. The van der Waals surface area contributed by atoms with Crippen molar-refractivity contribution in [1.82, 2.24) is 9.36 Å². The fourth-order valence-corrected chi connectivity index (χ4v) is 6.00. The van der Waals surface area contributed by atoms with Crippen LogP contribution >= 0.6 is 0 Å². The van der Waals surface area contributed by atoms with Crippen LogP contribution in [0.2, 0.25) is 0 Å². The van der Waals surface area contributed by atoms with Crippen LogP contribution in [-0.4, -0.2) is 9.36 Å². The summed E-state index contributed by atoms with van der Waals surface area (Å²) in [7, 11) is 0. The molecule has 0 spiro atoms. The van der Waals surface area contributed by atoms with Gasteiger partial charge in [-0.15, -0.1) is 0 Å². The van der Waals surface area contributed by atoms with Crippen molar-refractivity contribution in [3.63, 3.8) is 0 Å². The van der Waals surface area contributed by atoms with Crippen LogP contribution in [0.4, 0.5) is 0 Å². The maximum absolute atomic E-state index is 13.9. The zero-order valence-electron chi connectivity index (χ0n) is 18.1. The Morgan fingerprint density at radius 1 is 1.00 bits per heavy atom. The van der Waals surface area contributed by atoms with Crippen LogP contribution in [0, 0.1) is 19.3 Å². The minimum Gasteiger partial charge on any atom is -0.277 e. The van der Waals surface area contributed by atoms with Gasteiger partial charge in [-0.2, -0.15) is 0 Å². The fourth-order valence-electron chi connectivity index (χ4n) is 6.00. The molecular formula is C26H30N2O. The lowest BCUT2D eigenvalue weighted by molar-refractivity contribution is 0.216. The van der Waals surface area contributed by atoms with Crippen molar-refractivity contribution in [3.05, 3.63) is 86.8 Å². The Labute approximate surface area is 173 Å². The van der Waals surface area contributed by atoms with Crippen molar-refractivity contribution in [2.75, 3.05) is 0 Å². The predicted octanol–water partition coefficient (Wildman–Crippen LogP) is 5.48. The molecule has 5 rings (SSSR count). The number of hydrogen-bond donors (Lipinski definition) is 0. The third-order valence-electron chi connectivity index (χ3n) is 8.25. The highest BCUT2D eigenvalue weighted by Crippen LogP contribution is 2.67. The first-order valence-corrected chi connectivity index (χ1v) is 10.7. The van der Waals surface area contributed by atoms with E-state index in [9.17, 15) is 4.79 Å². The van der Waals surface area contributed by atoms with E-state index in [-0.39, 0.29) is 16.4 Å². The standard InChI is InChI=1S/C26H30N2O/c1-17-10-9-13-21(18(17)2)28-24(29)22-20-14-15-26(5,25(20,3)4)23(22)27(28)16-19-11-7-6-8-12-19/h6-13,20H,14-16H2,1-5H3. The molecule has 2 bridgehead atoms. The Hall–Kier alpha value is -2.55. The Morgan fingerprint density at radius 2 is 1.72 bits per heavy atom. The SMILES string of the molecule is Cc1cccc(-n2c(=O)c3c(n2Cc2ccccc2)C2(C)CCC3C2(C)C)c1C. The van der Waals surface area contributed by atoms with Gasteiger partial charge in [-0.25, -0.2) is 4.68 Å². The van der Waals surface area contributed by atoms with Crippen molar-refractivity contribution in [2.45, 2.75) is 65.3 Å². The van der Waals surface area contributed by atoms with Crippen LogP contribution < -0.4 is 5.56 Å². The second-order valence-corrected chi connectivity index (χ2v) is 9.79. The molecule has 3 nitrogen and oxygen atoms in total. The smallest absolute Gasteiger partial charge is 0.275 e. The summed E-state index contributed by atoms with van der Waals surface area (Å²) >= 11 is 0. The molecule has 1 saturated carbocycles. The molecule has 0 N–H and O–H groups in total. The number of aromatic nitrogens is 2. The van der Waals surface area contributed by atoms with Crippen molar-refractivity contribution in [3.8, 4) is 5.69 Å².